The van der Waals surface area contributed by atoms with Gasteiger partial charge in [-0.3, -0.25) is 0 Å². The van der Waals surface area contributed by atoms with Crippen LogP contribution in [0.4, 0.5) is 0 Å². The molecule has 0 N–H and O–H groups in total. The van der Waals surface area contributed by atoms with Crippen molar-refractivity contribution in [1.29, 1.82) is 0 Å². The van der Waals surface area contributed by atoms with E-state index < -0.39 is 12.1 Å². The molecule has 1 heterocycles. The van der Waals surface area contributed by atoms with Crippen LogP contribution in [0, 0.1) is 0 Å². The molecular formula is C40H24O. The van der Waals surface area contributed by atoms with Gasteiger partial charge in [-0.2, -0.15) is 0 Å². The number of hydrogen-bond acceptors (Lipinski definition) is 1. The number of rotatable bonds is 2. The van der Waals surface area contributed by atoms with E-state index in [0.29, 0.717) is 5.56 Å². The third-order valence-corrected chi connectivity index (χ3v) is 8.14. The topological polar surface area (TPSA) is 13.1 Å². The molecule has 9 aromatic rings. The van der Waals surface area contributed by atoms with Gasteiger partial charge in [0.15, 0.2) is 0 Å². The van der Waals surface area contributed by atoms with Gasteiger partial charge in [-0.05, 0) is 83.5 Å². The van der Waals surface area contributed by atoms with Gasteiger partial charge >= 0.3 is 0 Å². The second-order valence-corrected chi connectivity index (χ2v) is 10.3. The Labute approximate surface area is 246 Å². The van der Waals surface area contributed by atoms with E-state index in [1.54, 1.807) is 0 Å². The third-order valence-electron chi connectivity index (χ3n) is 8.14. The standard InChI is InChI=1S/C40H24O/c1-3-13-28-25(10-1)12-9-19-30(28)39-33-17-7-5-15-31(33)38(32-16-6-8-18-34(32)39)27-21-22-36-35(24-27)40-29-14-4-2-11-26(29)20-23-37(40)41-36/h1-24H/i1D,3D,9D,10D,12D,13D,19D. The molecular weight excluding hydrogens is 496 g/mol. The Balaban J connectivity index is 1.45. The van der Waals surface area contributed by atoms with Crippen LogP contribution in [-0.2, 0) is 0 Å². The molecule has 0 aliphatic heterocycles. The van der Waals surface area contributed by atoms with Crippen molar-refractivity contribution in [3.63, 3.8) is 0 Å². The van der Waals surface area contributed by atoms with Crippen molar-refractivity contribution in [3.05, 3.63) is 145 Å². The Morgan fingerprint density at radius 1 is 0.439 bits per heavy atom. The molecule has 0 fully saturated rings. The van der Waals surface area contributed by atoms with E-state index in [4.69, 9.17) is 14.0 Å². The zero-order chi connectivity index (χ0) is 33.0. The largest absolute Gasteiger partial charge is 0.456 e. The lowest BCUT2D eigenvalue weighted by Crippen LogP contribution is -1.91. The molecule has 41 heavy (non-hydrogen) atoms. The summed E-state index contributed by atoms with van der Waals surface area (Å²) in [6.07, 6.45) is 0. The summed E-state index contributed by atoms with van der Waals surface area (Å²) in [5, 5.41) is 7.62. The predicted octanol–water partition coefficient (Wildman–Crippen LogP) is 11.5. The highest BCUT2D eigenvalue weighted by atomic mass is 16.3. The van der Waals surface area contributed by atoms with Crippen molar-refractivity contribution in [3.8, 4) is 22.3 Å². The first-order valence-corrected chi connectivity index (χ1v) is 13.5. The lowest BCUT2D eigenvalue weighted by molar-refractivity contribution is 0.669. The van der Waals surface area contributed by atoms with Gasteiger partial charge in [0, 0.05) is 10.8 Å². The molecule has 1 aromatic heterocycles. The van der Waals surface area contributed by atoms with E-state index in [1.807, 2.05) is 72.8 Å². The predicted molar refractivity (Wildman–Crippen MR) is 175 cm³/mol. The number of benzene rings is 8. The van der Waals surface area contributed by atoms with Crippen LogP contribution in [0.3, 0.4) is 0 Å². The number of hydrogen-bond donors (Lipinski definition) is 0. The maximum Gasteiger partial charge on any atom is 0.136 e. The minimum Gasteiger partial charge on any atom is -0.456 e. The zero-order valence-corrected chi connectivity index (χ0v) is 21.7. The maximum atomic E-state index is 9.16. The Bertz CT molecular complexity index is 2810. The summed E-state index contributed by atoms with van der Waals surface area (Å²) in [6.45, 7) is 0. The number of furan rings is 1. The van der Waals surface area contributed by atoms with E-state index in [0.717, 1.165) is 65.4 Å². The molecule has 9 rings (SSSR count). The molecule has 0 saturated carbocycles. The molecule has 0 spiro atoms. The van der Waals surface area contributed by atoms with Crippen LogP contribution < -0.4 is 0 Å². The third kappa shape index (κ3) is 3.24. The first-order valence-electron chi connectivity index (χ1n) is 17.0. The first-order chi connectivity index (χ1) is 23.3. The Kier molecular flexibility index (Phi) is 3.47. The van der Waals surface area contributed by atoms with Gasteiger partial charge in [0.2, 0.25) is 0 Å². The van der Waals surface area contributed by atoms with E-state index in [1.165, 1.54) is 0 Å². The second kappa shape index (κ2) is 8.55. The Morgan fingerprint density at radius 2 is 1.07 bits per heavy atom. The van der Waals surface area contributed by atoms with Crippen LogP contribution in [0.25, 0.3) is 87.3 Å². The van der Waals surface area contributed by atoms with Gasteiger partial charge in [-0.25, -0.2) is 0 Å². The van der Waals surface area contributed by atoms with Crippen LogP contribution in [0.5, 0.6) is 0 Å². The normalized spacial score (nSPS) is 14.3. The molecule has 0 unspecified atom stereocenters. The summed E-state index contributed by atoms with van der Waals surface area (Å²) in [7, 11) is 0. The average molecular weight is 528 g/mol. The number of fused-ring (bicyclic) bond motifs is 8. The van der Waals surface area contributed by atoms with E-state index in [-0.39, 0.29) is 46.5 Å². The molecule has 190 valence electrons. The first kappa shape index (κ1) is 16.6. The highest BCUT2D eigenvalue weighted by molar-refractivity contribution is 6.25. The fourth-order valence-electron chi connectivity index (χ4n) is 6.41. The fraction of sp³-hybridized carbons (Fsp3) is 0. The highest BCUT2D eigenvalue weighted by Gasteiger charge is 2.19. The van der Waals surface area contributed by atoms with Gasteiger partial charge in [0.25, 0.3) is 0 Å². The summed E-state index contributed by atoms with van der Waals surface area (Å²) in [4.78, 5) is 0. The average Bonchev–Trinajstić information content (AvgIpc) is 3.50. The van der Waals surface area contributed by atoms with Crippen LogP contribution in [0.15, 0.2) is 150 Å². The minimum absolute atomic E-state index is 0.0567. The molecule has 1 heteroatoms. The summed E-state index contributed by atoms with van der Waals surface area (Å²) < 4.78 is 67.2. The smallest absolute Gasteiger partial charge is 0.136 e. The van der Waals surface area contributed by atoms with Crippen LogP contribution >= 0.6 is 0 Å². The van der Waals surface area contributed by atoms with E-state index in [9.17, 15) is 0 Å². The molecule has 8 aromatic carbocycles. The summed E-state index contributed by atoms with van der Waals surface area (Å²) in [5.74, 6) is 0. The lowest BCUT2D eigenvalue weighted by atomic mass is 9.84. The monoisotopic (exact) mass is 527 g/mol. The van der Waals surface area contributed by atoms with Gasteiger partial charge in [-0.15, -0.1) is 0 Å². The van der Waals surface area contributed by atoms with Crippen molar-refractivity contribution >= 4 is 65.0 Å². The van der Waals surface area contributed by atoms with Crippen molar-refractivity contribution in [2.45, 2.75) is 0 Å². The van der Waals surface area contributed by atoms with Crippen LogP contribution in [0.2, 0.25) is 0 Å². The van der Waals surface area contributed by atoms with Crippen LogP contribution in [-0.4, -0.2) is 0 Å². The molecule has 0 radical (unpaired) electrons. The molecule has 0 bridgehead atoms. The van der Waals surface area contributed by atoms with Crippen LogP contribution in [0.1, 0.15) is 9.60 Å². The Hall–Kier alpha value is -5.40. The quantitative estimate of drug-likeness (QED) is 0.204. The summed E-state index contributed by atoms with van der Waals surface area (Å²) in [6, 6.07) is 31.6. The van der Waals surface area contributed by atoms with Crippen molar-refractivity contribution in [2.75, 3.05) is 0 Å². The van der Waals surface area contributed by atoms with Crippen molar-refractivity contribution in [1.82, 2.24) is 0 Å². The van der Waals surface area contributed by atoms with Gasteiger partial charge in [-0.1, -0.05) is 127 Å². The maximum absolute atomic E-state index is 9.16. The van der Waals surface area contributed by atoms with E-state index in [2.05, 4.69) is 30.3 Å². The highest BCUT2D eigenvalue weighted by Crippen LogP contribution is 2.46. The molecule has 0 atom stereocenters. The summed E-state index contributed by atoms with van der Waals surface area (Å²) in [5.41, 5.74) is 4.36. The Morgan fingerprint density at radius 3 is 1.85 bits per heavy atom. The SMILES string of the molecule is [2H]c1c([2H])c([2H])c2c(-c3c4ccccc4c(-c4ccc5oc6ccc7ccccc7c6c5c4)c4ccccc34)c([2H])c([2H])c([2H])c2c1[2H]. The lowest BCUT2D eigenvalue weighted by Gasteiger charge is -2.18. The van der Waals surface area contributed by atoms with E-state index >= 15 is 0 Å². The summed E-state index contributed by atoms with van der Waals surface area (Å²) >= 11 is 0. The van der Waals surface area contributed by atoms with Gasteiger partial charge in [0.05, 0.1) is 9.60 Å². The zero-order valence-electron chi connectivity index (χ0n) is 28.7. The molecule has 1 nitrogen and oxygen atoms in total. The van der Waals surface area contributed by atoms with Crippen molar-refractivity contribution in [2.24, 2.45) is 0 Å². The minimum atomic E-state index is -0.468. The second-order valence-electron chi connectivity index (χ2n) is 10.3. The van der Waals surface area contributed by atoms with Gasteiger partial charge < -0.3 is 4.42 Å². The molecule has 0 saturated heterocycles. The molecule has 0 aliphatic carbocycles. The molecule has 0 amide bonds. The van der Waals surface area contributed by atoms with Gasteiger partial charge in [0.1, 0.15) is 11.2 Å². The fourth-order valence-corrected chi connectivity index (χ4v) is 6.41. The van der Waals surface area contributed by atoms with Crippen molar-refractivity contribution < 1.29 is 14.0 Å². The molecule has 0 aliphatic rings.